The van der Waals surface area contributed by atoms with Gasteiger partial charge in [0, 0.05) is 12.7 Å². The van der Waals surface area contributed by atoms with E-state index in [-0.39, 0.29) is 0 Å². The lowest BCUT2D eigenvalue weighted by Crippen LogP contribution is -2.16. The predicted molar refractivity (Wildman–Crippen MR) is 66.9 cm³/mol. The quantitative estimate of drug-likeness (QED) is 0.747. The van der Waals surface area contributed by atoms with Gasteiger partial charge in [0.15, 0.2) is 0 Å². The minimum Gasteiger partial charge on any atom is -0.334 e. The maximum absolute atomic E-state index is 4.56. The van der Waals surface area contributed by atoms with Gasteiger partial charge in [-0.15, -0.1) is 0 Å². The monoisotopic (exact) mass is 202 g/mol. The lowest BCUT2D eigenvalue weighted by molar-refractivity contribution is 1.03. The summed E-state index contributed by atoms with van der Waals surface area (Å²) in [6, 6.07) is 4.05. The lowest BCUT2D eigenvalue weighted by Gasteiger charge is -2.20. The van der Waals surface area contributed by atoms with Crippen LogP contribution in [-0.2, 0) is 0 Å². The van der Waals surface area contributed by atoms with E-state index >= 15 is 0 Å². The van der Waals surface area contributed by atoms with Gasteiger partial charge in [-0.05, 0) is 38.0 Å². The SMILES string of the molecule is C=C(C)c1ccc(C)c(N(C)C(=C)C)n1. The molecule has 0 aliphatic rings. The predicted octanol–water partition coefficient (Wildman–Crippen LogP) is 3.39. The van der Waals surface area contributed by atoms with Gasteiger partial charge in [-0.25, -0.2) is 4.98 Å². The second kappa shape index (κ2) is 4.30. The van der Waals surface area contributed by atoms with E-state index in [2.05, 4.69) is 24.2 Å². The fourth-order valence-electron chi connectivity index (χ4n) is 1.28. The van der Waals surface area contributed by atoms with Gasteiger partial charge >= 0.3 is 0 Å². The van der Waals surface area contributed by atoms with Crippen molar-refractivity contribution in [2.75, 3.05) is 11.9 Å². The van der Waals surface area contributed by atoms with Gasteiger partial charge in [0.1, 0.15) is 5.82 Å². The molecule has 0 saturated heterocycles. The van der Waals surface area contributed by atoms with Crippen molar-refractivity contribution in [1.82, 2.24) is 4.98 Å². The molecule has 0 unspecified atom stereocenters. The van der Waals surface area contributed by atoms with E-state index in [0.29, 0.717) is 0 Å². The average molecular weight is 202 g/mol. The van der Waals surface area contributed by atoms with Crippen LogP contribution in [0.4, 0.5) is 5.82 Å². The second-order valence-electron chi connectivity index (χ2n) is 3.91. The smallest absolute Gasteiger partial charge is 0.136 e. The molecule has 15 heavy (non-hydrogen) atoms. The Morgan fingerprint density at radius 3 is 2.33 bits per heavy atom. The van der Waals surface area contributed by atoms with Crippen molar-refractivity contribution in [3.63, 3.8) is 0 Å². The highest BCUT2D eigenvalue weighted by molar-refractivity contribution is 5.62. The number of nitrogens with zero attached hydrogens (tertiary/aromatic N) is 2. The summed E-state index contributed by atoms with van der Waals surface area (Å²) in [5.74, 6) is 0.947. The molecular formula is C13H18N2. The number of allylic oxidation sites excluding steroid dienone is 2. The first kappa shape index (κ1) is 11.5. The molecule has 1 aromatic heterocycles. The van der Waals surface area contributed by atoms with E-state index in [1.54, 1.807) is 0 Å². The molecule has 0 aromatic carbocycles. The van der Waals surface area contributed by atoms with Gasteiger partial charge in [0.2, 0.25) is 0 Å². The third-order valence-corrected chi connectivity index (χ3v) is 2.40. The van der Waals surface area contributed by atoms with Crippen molar-refractivity contribution in [2.45, 2.75) is 20.8 Å². The Balaban J connectivity index is 3.22. The number of aryl methyl sites for hydroxylation is 1. The summed E-state index contributed by atoms with van der Waals surface area (Å²) < 4.78 is 0. The molecule has 0 aliphatic carbocycles. The largest absolute Gasteiger partial charge is 0.334 e. The summed E-state index contributed by atoms with van der Waals surface area (Å²) in [4.78, 5) is 6.55. The summed E-state index contributed by atoms with van der Waals surface area (Å²) >= 11 is 0. The van der Waals surface area contributed by atoms with Crippen molar-refractivity contribution in [3.8, 4) is 0 Å². The van der Waals surface area contributed by atoms with Crippen molar-refractivity contribution in [3.05, 3.63) is 42.2 Å². The Hall–Kier alpha value is -1.57. The molecule has 2 heteroatoms. The first-order valence-electron chi connectivity index (χ1n) is 4.96. The number of hydrogen-bond donors (Lipinski definition) is 0. The van der Waals surface area contributed by atoms with E-state index < -0.39 is 0 Å². The zero-order valence-corrected chi connectivity index (χ0v) is 9.96. The highest BCUT2D eigenvalue weighted by Crippen LogP contribution is 2.21. The molecule has 80 valence electrons. The Morgan fingerprint density at radius 2 is 1.87 bits per heavy atom. The van der Waals surface area contributed by atoms with Crippen LogP contribution < -0.4 is 4.90 Å². The fourth-order valence-corrected chi connectivity index (χ4v) is 1.28. The summed E-state index contributed by atoms with van der Waals surface area (Å²) in [5.41, 5.74) is 4.03. The maximum atomic E-state index is 4.56. The van der Waals surface area contributed by atoms with Crippen molar-refractivity contribution in [1.29, 1.82) is 0 Å². The molecule has 0 spiro atoms. The topological polar surface area (TPSA) is 16.1 Å². The molecule has 1 rings (SSSR count). The standard InChI is InChI=1S/C13H18N2/c1-9(2)12-8-7-11(5)13(14-12)15(6)10(3)4/h7-8H,1,3H2,2,4-6H3. The molecular weight excluding hydrogens is 184 g/mol. The number of rotatable bonds is 3. The summed E-state index contributed by atoms with van der Waals surface area (Å²) in [6.07, 6.45) is 0. The van der Waals surface area contributed by atoms with Crippen LogP contribution in [-0.4, -0.2) is 12.0 Å². The number of anilines is 1. The van der Waals surface area contributed by atoms with Gasteiger partial charge in [-0.2, -0.15) is 0 Å². The third kappa shape index (κ3) is 2.46. The molecule has 0 bridgehead atoms. The normalized spacial score (nSPS) is 9.87. The highest BCUT2D eigenvalue weighted by atomic mass is 15.2. The lowest BCUT2D eigenvalue weighted by atomic mass is 10.2. The first-order chi connectivity index (χ1) is 6.93. The van der Waals surface area contributed by atoms with Crippen molar-refractivity contribution < 1.29 is 0 Å². The number of aromatic nitrogens is 1. The summed E-state index contributed by atoms with van der Waals surface area (Å²) in [6.45, 7) is 13.8. The highest BCUT2D eigenvalue weighted by Gasteiger charge is 2.08. The molecule has 0 saturated carbocycles. The molecule has 0 N–H and O–H groups in total. The second-order valence-corrected chi connectivity index (χ2v) is 3.91. The first-order valence-corrected chi connectivity index (χ1v) is 4.96. The van der Waals surface area contributed by atoms with Crippen molar-refractivity contribution in [2.24, 2.45) is 0 Å². The minimum atomic E-state index is 0.934. The Bertz CT molecular complexity index is 405. The molecule has 0 amide bonds. The van der Waals surface area contributed by atoms with Gasteiger partial charge in [0.25, 0.3) is 0 Å². The molecule has 1 aromatic rings. The Morgan fingerprint density at radius 1 is 1.27 bits per heavy atom. The maximum Gasteiger partial charge on any atom is 0.136 e. The van der Waals surface area contributed by atoms with Gasteiger partial charge in [-0.3, -0.25) is 0 Å². The molecule has 2 nitrogen and oxygen atoms in total. The van der Waals surface area contributed by atoms with Crippen LogP contribution in [0.25, 0.3) is 5.57 Å². The molecule has 0 atom stereocenters. The third-order valence-electron chi connectivity index (χ3n) is 2.40. The van der Waals surface area contributed by atoms with E-state index in [4.69, 9.17) is 0 Å². The van der Waals surface area contributed by atoms with Crippen LogP contribution in [0.1, 0.15) is 25.1 Å². The molecule has 0 fully saturated rings. The van der Waals surface area contributed by atoms with Crippen LogP contribution in [0.3, 0.4) is 0 Å². The zero-order valence-electron chi connectivity index (χ0n) is 9.96. The fraction of sp³-hybridized carbons (Fsp3) is 0.308. The summed E-state index contributed by atoms with van der Waals surface area (Å²) in [7, 11) is 1.97. The van der Waals surface area contributed by atoms with Gasteiger partial charge < -0.3 is 4.90 Å². The van der Waals surface area contributed by atoms with Crippen LogP contribution in [0.5, 0.6) is 0 Å². The average Bonchev–Trinajstić information content (AvgIpc) is 2.16. The molecule has 0 aliphatic heterocycles. The molecule has 0 radical (unpaired) electrons. The van der Waals surface area contributed by atoms with E-state index in [1.807, 2.05) is 38.8 Å². The Labute approximate surface area is 92.0 Å². The van der Waals surface area contributed by atoms with Gasteiger partial charge in [0.05, 0.1) is 5.69 Å². The van der Waals surface area contributed by atoms with Gasteiger partial charge in [-0.1, -0.05) is 19.2 Å². The zero-order chi connectivity index (χ0) is 11.6. The van der Waals surface area contributed by atoms with Crippen LogP contribution in [0, 0.1) is 6.92 Å². The van der Waals surface area contributed by atoms with Crippen LogP contribution in [0.15, 0.2) is 31.0 Å². The summed E-state index contributed by atoms with van der Waals surface area (Å²) in [5, 5.41) is 0. The van der Waals surface area contributed by atoms with Crippen LogP contribution >= 0.6 is 0 Å². The molecule has 1 heterocycles. The van der Waals surface area contributed by atoms with E-state index in [1.165, 1.54) is 0 Å². The van der Waals surface area contributed by atoms with E-state index in [0.717, 1.165) is 28.3 Å². The number of pyridine rings is 1. The van der Waals surface area contributed by atoms with E-state index in [9.17, 15) is 0 Å². The minimum absolute atomic E-state index is 0.934. The number of hydrogen-bond acceptors (Lipinski definition) is 2. The van der Waals surface area contributed by atoms with Crippen molar-refractivity contribution >= 4 is 11.4 Å². The Kier molecular flexibility index (Phi) is 3.30. The van der Waals surface area contributed by atoms with Crippen LogP contribution in [0.2, 0.25) is 0 Å².